The third-order valence-electron chi connectivity index (χ3n) is 3.32. The Kier molecular flexibility index (Phi) is 3.16. The van der Waals surface area contributed by atoms with Crippen LogP contribution in [0.5, 0.6) is 23.0 Å². The van der Waals surface area contributed by atoms with Crippen LogP contribution in [0.2, 0.25) is 0 Å². The first-order chi connectivity index (χ1) is 9.55. The van der Waals surface area contributed by atoms with Crippen molar-refractivity contribution in [2.24, 2.45) is 0 Å². The van der Waals surface area contributed by atoms with Gasteiger partial charge in [-0.2, -0.15) is 5.10 Å². The maximum Gasteiger partial charge on any atom is 0.188 e. The summed E-state index contributed by atoms with van der Waals surface area (Å²) in [6.45, 7) is 7.16. The van der Waals surface area contributed by atoms with E-state index in [1.54, 1.807) is 6.07 Å². The number of nitrogen functional groups attached to an aromatic ring is 1. The average molecular weight is 293 g/mol. The largest absolute Gasteiger partial charge is 0.504 e. The fraction of sp³-hybridized carbons (Fsp3) is 0.357. The SMILES string of the molecule is Cc1c(O)c(O)c(-n2nc(C(C)(C)C)cc2N)c(O)c1O. The summed E-state index contributed by atoms with van der Waals surface area (Å²) in [5.41, 5.74) is 5.91. The van der Waals surface area contributed by atoms with E-state index < -0.39 is 23.0 Å². The molecule has 0 amide bonds. The van der Waals surface area contributed by atoms with Crippen molar-refractivity contribution in [3.05, 3.63) is 17.3 Å². The number of anilines is 1. The molecule has 114 valence electrons. The Morgan fingerprint density at radius 3 is 1.86 bits per heavy atom. The molecule has 1 heterocycles. The number of rotatable bonds is 1. The fourth-order valence-corrected chi connectivity index (χ4v) is 1.95. The van der Waals surface area contributed by atoms with Crippen molar-refractivity contribution in [2.45, 2.75) is 33.1 Å². The van der Waals surface area contributed by atoms with E-state index in [2.05, 4.69) is 5.10 Å². The summed E-state index contributed by atoms with van der Waals surface area (Å²) in [5.74, 6) is -2.11. The summed E-state index contributed by atoms with van der Waals surface area (Å²) in [7, 11) is 0. The van der Waals surface area contributed by atoms with Gasteiger partial charge < -0.3 is 26.2 Å². The van der Waals surface area contributed by atoms with Gasteiger partial charge in [0, 0.05) is 17.0 Å². The maximum atomic E-state index is 10.0. The molecule has 0 aliphatic rings. The topological polar surface area (TPSA) is 125 Å². The van der Waals surface area contributed by atoms with Gasteiger partial charge >= 0.3 is 0 Å². The van der Waals surface area contributed by atoms with E-state index in [9.17, 15) is 20.4 Å². The van der Waals surface area contributed by atoms with Crippen LogP contribution in [0, 0.1) is 6.92 Å². The Bertz CT molecular complexity index is 685. The lowest BCUT2D eigenvalue weighted by molar-refractivity contribution is 0.364. The lowest BCUT2D eigenvalue weighted by atomic mass is 9.92. The van der Waals surface area contributed by atoms with E-state index in [0.29, 0.717) is 5.69 Å². The number of hydrogen-bond acceptors (Lipinski definition) is 6. The number of aromatic hydroxyl groups is 4. The molecule has 21 heavy (non-hydrogen) atoms. The minimum Gasteiger partial charge on any atom is -0.504 e. The van der Waals surface area contributed by atoms with Gasteiger partial charge in [0.1, 0.15) is 5.82 Å². The number of hydrogen-bond donors (Lipinski definition) is 5. The van der Waals surface area contributed by atoms with Crippen LogP contribution in [0.3, 0.4) is 0 Å². The molecule has 0 fully saturated rings. The zero-order valence-corrected chi connectivity index (χ0v) is 12.3. The Balaban J connectivity index is 2.77. The highest BCUT2D eigenvalue weighted by atomic mass is 16.3. The van der Waals surface area contributed by atoms with Crippen LogP contribution < -0.4 is 5.73 Å². The first kappa shape index (κ1) is 14.8. The molecular weight excluding hydrogens is 274 g/mol. The zero-order chi connectivity index (χ0) is 16.1. The summed E-state index contributed by atoms with van der Waals surface area (Å²) >= 11 is 0. The molecule has 0 spiro atoms. The van der Waals surface area contributed by atoms with E-state index >= 15 is 0 Å². The molecule has 1 aromatic carbocycles. The molecule has 0 atom stereocenters. The number of nitrogens with zero attached hydrogens (tertiary/aromatic N) is 2. The molecule has 0 bridgehead atoms. The highest BCUT2D eigenvalue weighted by Crippen LogP contribution is 2.48. The Hall–Kier alpha value is -2.57. The van der Waals surface area contributed by atoms with Gasteiger partial charge in [0.25, 0.3) is 0 Å². The van der Waals surface area contributed by atoms with Crippen LogP contribution in [0.4, 0.5) is 5.82 Å². The van der Waals surface area contributed by atoms with Gasteiger partial charge in [-0.15, -0.1) is 0 Å². The second-order valence-corrected chi connectivity index (χ2v) is 5.98. The smallest absolute Gasteiger partial charge is 0.188 e. The van der Waals surface area contributed by atoms with E-state index in [4.69, 9.17) is 5.73 Å². The number of benzene rings is 1. The number of aromatic nitrogens is 2. The summed E-state index contributed by atoms with van der Waals surface area (Å²) in [5, 5.41) is 43.9. The molecule has 0 aliphatic carbocycles. The van der Waals surface area contributed by atoms with Gasteiger partial charge in [0.2, 0.25) is 0 Å². The van der Waals surface area contributed by atoms with Crippen molar-refractivity contribution in [2.75, 3.05) is 5.73 Å². The Morgan fingerprint density at radius 1 is 1.00 bits per heavy atom. The molecule has 2 rings (SSSR count). The van der Waals surface area contributed by atoms with Crippen molar-refractivity contribution in [1.29, 1.82) is 0 Å². The van der Waals surface area contributed by atoms with Gasteiger partial charge in [-0.05, 0) is 6.92 Å². The molecular formula is C14H19N3O4. The minimum atomic E-state index is -0.599. The summed E-state index contributed by atoms with van der Waals surface area (Å²) in [6.07, 6.45) is 0. The molecule has 0 saturated carbocycles. The van der Waals surface area contributed by atoms with Crippen LogP contribution in [0.15, 0.2) is 6.07 Å². The van der Waals surface area contributed by atoms with Crippen LogP contribution in [0.25, 0.3) is 5.69 Å². The number of nitrogens with two attached hydrogens (primary N) is 1. The van der Waals surface area contributed by atoms with Gasteiger partial charge in [0.15, 0.2) is 28.7 Å². The summed E-state index contributed by atoms with van der Waals surface area (Å²) in [6, 6.07) is 1.60. The van der Waals surface area contributed by atoms with Gasteiger partial charge in [-0.3, -0.25) is 0 Å². The van der Waals surface area contributed by atoms with Crippen molar-refractivity contribution < 1.29 is 20.4 Å². The molecule has 6 N–H and O–H groups in total. The normalized spacial score (nSPS) is 11.8. The first-order valence-corrected chi connectivity index (χ1v) is 6.38. The third kappa shape index (κ3) is 2.20. The summed E-state index contributed by atoms with van der Waals surface area (Å²) in [4.78, 5) is 0. The van der Waals surface area contributed by atoms with E-state index in [1.807, 2.05) is 20.8 Å². The fourth-order valence-electron chi connectivity index (χ4n) is 1.95. The first-order valence-electron chi connectivity index (χ1n) is 6.38. The molecule has 0 radical (unpaired) electrons. The van der Waals surface area contributed by atoms with Gasteiger partial charge in [0.05, 0.1) is 5.69 Å². The second-order valence-electron chi connectivity index (χ2n) is 5.98. The van der Waals surface area contributed by atoms with Crippen molar-refractivity contribution >= 4 is 5.82 Å². The minimum absolute atomic E-state index is 0.0319. The standard InChI is InChI=1S/C14H19N3O4/c1-6-10(18)12(20)9(13(21)11(6)19)17-8(15)5-7(16-17)14(2,3)4/h5,18-21H,15H2,1-4H3. The Labute approximate surface area is 121 Å². The maximum absolute atomic E-state index is 10.0. The Morgan fingerprint density at radius 2 is 1.48 bits per heavy atom. The number of phenols is 4. The predicted octanol–water partition coefficient (Wildman–Crippen LogP) is 1.88. The van der Waals surface area contributed by atoms with Crippen LogP contribution in [-0.2, 0) is 5.41 Å². The van der Waals surface area contributed by atoms with Gasteiger partial charge in [-0.1, -0.05) is 20.8 Å². The predicted molar refractivity (Wildman–Crippen MR) is 78.1 cm³/mol. The van der Waals surface area contributed by atoms with E-state index in [1.165, 1.54) is 6.92 Å². The van der Waals surface area contributed by atoms with Crippen LogP contribution >= 0.6 is 0 Å². The highest BCUT2D eigenvalue weighted by molar-refractivity contribution is 5.72. The molecule has 1 aromatic heterocycles. The second kappa shape index (κ2) is 4.47. The molecule has 7 nitrogen and oxygen atoms in total. The van der Waals surface area contributed by atoms with Crippen LogP contribution in [0.1, 0.15) is 32.0 Å². The van der Waals surface area contributed by atoms with E-state index in [0.717, 1.165) is 4.68 Å². The van der Waals surface area contributed by atoms with Crippen molar-refractivity contribution in [3.8, 4) is 28.7 Å². The summed E-state index contributed by atoms with van der Waals surface area (Å²) < 4.78 is 1.09. The molecule has 0 unspecified atom stereocenters. The quantitative estimate of drug-likeness (QED) is 0.404. The van der Waals surface area contributed by atoms with Crippen molar-refractivity contribution in [1.82, 2.24) is 9.78 Å². The molecule has 0 aliphatic heterocycles. The molecule has 7 heteroatoms. The third-order valence-corrected chi connectivity index (χ3v) is 3.32. The molecule has 0 saturated heterocycles. The zero-order valence-electron chi connectivity index (χ0n) is 12.3. The van der Waals surface area contributed by atoms with Crippen molar-refractivity contribution in [3.63, 3.8) is 0 Å². The average Bonchev–Trinajstić information content (AvgIpc) is 2.77. The van der Waals surface area contributed by atoms with Crippen LogP contribution in [-0.4, -0.2) is 30.2 Å². The lowest BCUT2D eigenvalue weighted by Crippen LogP contribution is -2.12. The van der Waals surface area contributed by atoms with Gasteiger partial charge in [-0.25, -0.2) is 4.68 Å². The number of phenolic OH excluding ortho intramolecular Hbond substituents is 4. The highest BCUT2D eigenvalue weighted by Gasteiger charge is 2.26. The monoisotopic (exact) mass is 293 g/mol. The lowest BCUT2D eigenvalue weighted by Gasteiger charge is -2.15. The molecule has 2 aromatic rings. The van der Waals surface area contributed by atoms with E-state index in [-0.39, 0.29) is 22.5 Å².